The molecule has 8 aromatic rings. The predicted octanol–water partition coefficient (Wildman–Crippen LogP) is 11.6. The Bertz CT molecular complexity index is 2380. The molecule has 6 heteroatoms. The first-order valence-electron chi connectivity index (χ1n) is 18.4. The van der Waals surface area contributed by atoms with Gasteiger partial charge in [0.1, 0.15) is 24.7 Å². The van der Waals surface area contributed by atoms with Crippen molar-refractivity contribution in [2.75, 3.05) is 26.4 Å². The second kappa shape index (κ2) is 15.2. The molecular formula is C49H38O4S2. The average Bonchev–Trinajstić information content (AvgIpc) is 4.04. The summed E-state index contributed by atoms with van der Waals surface area (Å²) in [4.78, 5) is 2.45. The van der Waals surface area contributed by atoms with Crippen LogP contribution in [0.4, 0.5) is 0 Å². The summed E-state index contributed by atoms with van der Waals surface area (Å²) in [5.74, 6) is 1.44. The van der Waals surface area contributed by atoms with Crippen molar-refractivity contribution in [1.29, 1.82) is 0 Å². The van der Waals surface area contributed by atoms with Gasteiger partial charge in [-0.05, 0) is 115 Å². The first-order valence-corrected chi connectivity index (χ1v) is 20.2. The Labute approximate surface area is 329 Å². The van der Waals surface area contributed by atoms with E-state index in [4.69, 9.17) is 9.47 Å². The molecule has 0 saturated carbocycles. The van der Waals surface area contributed by atoms with Gasteiger partial charge in [-0.3, -0.25) is 0 Å². The molecule has 0 radical (unpaired) electrons. The summed E-state index contributed by atoms with van der Waals surface area (Å²) in [5.41, 5.74) is 12.6. The summed E-state index contributed by atoms with van der Waals surface area (Å²) in [6, 6.07) is 56.2. The Kier molecular flexibility index (Phi) is 9.65. The third kappa shape index (κ3) is 6.27. The summed E-state index contributed by atoms with van der Waals surface area (Å²) < 4.78 is 12.4. The minimum absolute atomic E-state index is 0.0766. The third-order valence-corrected chi connectivity index (χ3v) is 12.3. The van der Waals surface area contributed by atoms with Gasteiger partial charge in [-0.15, -0.1) is 22.7 Å². The highest BCUT2D eigenvalue weighted by Crippen LogP contribution is 2.59. The third-order valence-electron chi connectivity index (χ3n) is 10.4. The highest BCUT2D eigenvalue weighted by molar-refractivity contribution is 7.13. The van der Waals surface area contributed by atoms with Crippen molar-refractivity contribution in [3.8, 4) is 65.8 Å². The number of ether oxygens (including phenoxy) is 2. The molecule has 4 nitrogen and oxygen atoms in total. The normalized spacial score (nSPS) is 12.6. The van der Waals surface area contributed by atoms with Gasteiger partial charge in [-0.2, -0.15) is 0 Å². The maximum atomic E-state index is 9.75. The molecule has 2 N–H and O–H groups in total. The zero-order chi connectivity index (χ0) is 37.2. The van der Waals surface area contributed by atoms with Crippen LogP contribution in [-0.4, -0.2) is 36.6 Å². The second-order valence-electron chi connectivity index (χ2n) is 13.5. The molecule has 0 bridgehead atoms. The van der Waals surface area contributed by atoms with E-state index in [0.717, 1.165) is 44.9 Å². The van der Waals surface area contributed by atoms with Crippen LogP contribution >= 0.6 is 22.7 Å². The molecule has 270 valence electrons. The highest BCUT2D eigenvalue weighted by Gasteiger charge is 2.47. The van der Waals surface area contributed by atoms with Gasteiger partial charge in [0, 0.05) is 20.9 Å². The van der Waals surface area contributed by atoms with Gasteiger partial charge in [-0.25, -0.2) is 0 Å². The van der Waals surface area contributed by atoms with Gasteiger partial charge in [0.15, 0.2) is 0 Å². The van der Waals surface area contributed by atoms with Gasteiger partial charge in [0.05, 0.1) is 18.6 Å². The van der Waals surface area contributed by atoms with Crippen LogP contribution in [-0.2, 0) is 5.41 Å². The molecular weight excluding hydrogens is 717 g/mol. The average molecular weight is 755 g/mol. The van der Waals surface area contributed by atoms with Crippen LogP contribution in [0.25, 0.3) is 54.3 Å². The highest BCUT2D eigenvalue weighted by atomic mass is 32.1. The van der Waals surface area contributed by atoms with E-state index >= 15 is 0 Å². The molecule has 6 aromatic carbocycles. The summed E-state index contributed by atoms with van der Waals surface area (Å²) in [6.07, 6.45) is 0. The Morgan fingerprint density at radius 2 is 0.873 bits per heavy atom. The minimum Gasteiger partial charge on any atom is -0.491 e. The lowest BCUT2D eigenvalue weighted by Crippen LogP contribution is -2.29. The summed E-state index contributed by atoms with van der Waals surface area (Å²) >= 11 is 3.50. The van der Waals surface area contributed by atoms with Crippen LogP contribution in [0.3, 0.4) is 0 Å². The smallest absolute Gasteiger partial charge is 0.127 e. The molecule has 1 aliphatic rings. The van der Waals surface area contributed by atoms with Crippen molar-refractivity contribution < 1.29 is 19.7 Å². The maximum absolute atomic E-state index is 9.75. The van der Waals surface area contributed by atoms with Gasteiger partial charge in [0.25, 0.3) is 0 Å². The summed E-state index contributed by atoms with van der Waals surface area (Å²) in [5, 5.41) is 23.8. The number of fused-ring (bicyclic) bond motifs is 3. The first-order chi connectivity index (χ1) is 27.2. The molecule has 1 aliphatic carbocycles. The number of rotatable bonds is 12. The van der Waals surface area contributed by atoms with E-state index in [1.807, 2.05) is 36.4 Å². The number of thiophene rings is 2. The topological polar surface area (TPSA) is 58.9 Å². The fourth-order valence-electron chi connectivity index (χ4n) is 8.09. The SMILES string of the molecule is OCCOc1ccc(C2(c3ccc(OCCO)c(-c4ccccc4)c3)c3ccc(-c4cccs4)cc3-c3cc(-c4cccs4)ccc32)cc1-c1ccccc1. The molecule has 55 heavy (non-hydrogen) atoms. The zero-order valence-electron chi connectivity index (χ0n) is 30.0. The lowest BCUT2D eigenvalue weighted by atomic mass is 9.66. The van der Waals surface area contributed by atoms with E-state index in [-0.39, 0.29) is 26.4 Å². The molecule has 2 aromatic heterocycles. The molecule has 0 aliphatic heterocycles. The number of aliphatic hydroxyl groups excluding tert-OH is 2. The Morgan fingerprint density at radius 3 is 1.27 bits per heavy atom. The van der Waals surface area contributed by atoms with Gasteiger partial charge >= 0.3 is 0 Å². The standard InChI is InChI=1S/C49H38O4S2/c50-23-25-52-45-21-17-37(31-39(45)33-9-3-1-4-10-33)49(38-18-22-46(53-26-24-51)40(32-38)34-11-5-2-6-12-34)43-19-15-35(47-13-7-27-54-47)29-41(43)42-30-36(16-20-44(42)49)48-14-8-28-55-48/h1-22,27-32,50-51H,23-26H2. The fourth-order valence-corrected chi connectivity index (χ4v) is 9.54. The van der Waals surface area contributed by atoms with Crippen LogP contribution in [0.2, 0.25) is 0 Å². The van der Waals surface area contributed by atoms with E-state index in [0.29, 0.717) is 0 Å². The summed E-state index contributed by atoms with van der Waals surface area (Å²) in [6.45, 7) is 0.241. The van der Waals surface area contributed by atoms with Crippen molar-refractivity contribution in [1.82, 2.24) is 0 Å². The van der Waals surface area contributed by atoms with E-state index in [1.165, 1.54) is 43.1 Å². The molecule has 0 fully saturated rings. The largest absolute Gasteiger partial charge is 0.491 e. The number of benzene rings is 6. The van der Waals surface area contributed by atoms with Crippen LogP contribution < -0.4 is 9.47 Å². The van der Waals surface area contributed by atoms with E-state index < -0.39 is 5.41 Å². The van der Waals surface area contributed by atoms with Crippen molar-refractivity contribution in [3.63, 3.8) is 0 Å². The lowest BCUT2D eigenvalue weighted by Gasteiger charge is -2.35. The molecule has 0 amide bonds. The molecule has 9 rings (SSSR count). The molecule has 0 saturated heterocycles. The van der Waals surface area contributed by atoms with E-state index in [1.54, 1.807) is 22.7 Å². The van der Waals surface area contributed by atoms with Crippen molar-refractivity contribution >= 4 is 22.7 Å². The van der Waals surface area contributed by atoms with Gasteiger partial charge in [0.2, 0.25) is 0 Å². The van der Waals surface area contributed by atoms with Crippen LogP contribution in [0, 0.1) is 0 Å². The van der Waals surface area contributed by atoms with Crippen molar-refractivity contribution in [3.05, 3.63) is 191 Å². The minimum atomic E-state index is -0.745. The maximum Gasteiger partial charge on any atom is 0.127 e. The molecule has 2 heterocycles. The Hall–Kier alpha value is -5.76. The van der Waals surface area contributed by atoms with Crippen LogP contribution in [0.1, 0.15) is 22.3 Å². The predicted molar refractivity (Wildman–Crippen MR) is 226 cm³/mol. The number of aliphatic hydroxyl groups is 2. The summed E-state index contributed by atoms with van der Waals surface area (Å²) in [7, 11) is 0. The number of hydrogen-bond donors (Lipinski definition) is 2. The quantitative estimate of drug-likeness (QED) is 0.130. The second-order valence-corrected chi connectivity index (χ2v) is 15.4. The van der Waals surface area contributed by atoms with Gasteiger partial charge < -0.3 is 19.7 Å². The van der Waals surface area contributed by atoms with Gasteiger partial charge in [-0.1, -0.05) is 109 Å². The monoisotopic (exact) mass is 754 g/mol. The lowest BCUT2D eigenvalue weighted by molar-refractivity contribution is 0.202. The van der Waals surface area contributed by atoms with Crippen LogP contribution in [0.5, 0.6) is 11.5 Å². The molecule has 0 atom stereocenters. The number of hydrogen-bond acceptors (Lipinski definition) is 6. The fraction of sp³-hybridized carbons (Fsp3) is 0.102. The zero-order valence-corrected chi connectivity index (χ0v) is 31.7. The van der Waals surface area contributed by atoms with Crippen LogP contribution in [0.15, 0.2) is 168 Å². The van der Waals surface area contributed by atoms with E-state index in [9.17, 15) is 10.2 Å². The van der Waals surface area contributed by atoms with Crippen molar-refractivity contribution in [2.45, 2.75) is 5.41 Å². The Morgan fingerprint density at radius 1 is 0.418 bits per heavy atom. The first kappa shape index (κ1) is 35.0. The van der Waals surface area contributed by atoms with Crippen molar-refractivity contribution in [2.24, 2.45) is 0 Å². The molecule has 0 spiro atoms. The Balaban J connectivity index is 1.38. The van der Waals surface area contributed by atoms with E-state index in [2.05, 4.69) is 132 Å². The molecule has 0 unspecified atom stereocenters.